The molecule has 0 aromatic rings. The summed E-state index contributed by atoms with van der Waals surface area (Å²) < 4.78 is 23.3. The summed E-state index contributed by atoms with van der Waals surface area (Å²) in [5.41, 5.74) is 0. The quantitative estimate of drug-likeness (QED) is 0.829. The van der Waals surface area contributed by atoms with Gasteiger partial charge in [-0.25, -0.2) is 8.42 Å². The Hall–Kier alpha value is -0.580. The zero-order valence-electron chi connectivity index (χ0n) is 11.0. The third-order valence-corrected chi connectivity index (χ3v) is 6.06. The number of carbonyl (C=O) groups excluding carboxylic acids is 1. The third kappa shape index (κ3) is 3.25. The van der Waals surface area contributed by atoms with E-state index >= 15 is 0 Å². The van der Waals surface area contributed by atoms with E-state index in [9.17, 15) is 13.2 Å². The maximum absolute atomic E-state index is 12.0. The summed E-state index contributed by atoms with van der Waals surface area (Å²) in [6.07, 6.45) is 7.75. The lowest BCUT2D eigenvalue weighted by Gasteiger charge is -2.32. The molecule has 1 amide bonds. The minimum Gasteiger partial charge on any atom is -0.356 e. The largest absolute Gasteiger partial charge is 0.356 e. The minimum atomic E-state index is -2.96. The standard InChI is InChI=1S/C13H23NO3S/c1-18(16,17)11-6-4-5-10(9-11)12-7-2-3-8-14-13(12)15/h10-12H,2-9H2,1H3,(H,14,15). The van der Waals surface area contributed by atoms with Gasteiger partial charge < -0.3 is 5.32 Å². The molecule has 0 aromatic carbocycles. The van der Waals surface area contributed by atoms with Crippen LogP contribution in [0.3, 0.4) is 0 Å². The van der Waals surface area contributed by atoms with E-state index in [1.807, 2.05) is 0 Å². The maximum atomic E-state index is 12.0. The smallest absolute Gasteiger partial charge is 0.223 e. The van der Waals surface area contributed by atoms with Crippen LogP contribution in [-0.2, 0) is 14.6 Å². The first-order valence-corrected chi connectivity index (χ1v) is 8.90. The van der Waals surface area contributed by atoms with Crippen molar-refractivity contribution in [1.29, 1.82) is 0 Å². The Morgan fingerprint density at radius 3 is 2.61 bits per heavy atom. The molecule has 3 atom stereocenters. The Morgan fingerprint density at radius 1 is 1.11 bits per heavy atom. The first-order chi connectivity index (χ1) is 8.48. The van der Waals surface area contributed by atoms with Gasteiger partial charge in [-0.3, -0.25) is 4.79 Å². The van der Waals surface area contributed by atoms with Crippen molar-refractivity contribution >= 4 is 15.7 Å². The van der Waals surface area contributed by atoms with Crippen LogP contribution in [0.1, 0.15) is 44.9 Å². The number of carbonyl (C=O) groups is 1. The number of sulfone groups is 1. The second-order valence-electron chi connectivity index (χ2n) is 5.77. The van der Waals surface area contributed by atoms with Crippen LogP contribution < -0.4 is 5.32 Å². The molecule has 1 heterocycles. The minimum absolute atomic E-state index is 0.0389. The van der Waals surface area contributed by atoms with Gasteiger partial charge in [-0.2, -0.15) is 0 Å². The van der Waals surface area contributed by atoms with Gasteiger partial charge in [-0.05, 0) is 38.0 Å². The molecule has 0 radical (unpaired) electrons. The first-order valence-electron chi connectivity index (χ1n) is 6.95. The molecule has 4 nitrogen and oxygen atoms in total. The van der Waals surface area contributed by atoms with Crippen LogP contribution >= 0.6 is 0 Å². The molecule has 0 spiro atoms. The average Bonchev–Trinajstić information content (AvgIpc) is 2.53. The predicted octanol–water partition coefficient (Wildman–Crippen LogP) is 1.51. The highest BCUT2D eigenvalue weighted by Gasteiger charge is 2.36. The number of nitrogens with one attached hydrogen (secondary N) is 1. The molecule has 0 bridgehead atoms. The van der Waals surface area contributed by atoms with Gasteiger partial charge in [0.1, 0.15) is 9.84 Å². The van der Waals surface area contributed by atoms with E-state index in [0.29, 0.717) is 6.42 Å². The summed E-state index contributed by atoms with van der Waals surface area (Å²) in [5.74, 6) is 0.445. The summed E-state index contributed by atoms with van der Waals surface area (Å²) >= 11 is 0. The number of amides is 1. The molecular weight excluding hydrogens is 250 g/mol. The van der Waals surface area contributed by atoms with Gasteiger partial charge in [0.15, 0.2) is 0 Å². The Kier molecular flexibility index (Phi) is 4.30. The lowest BCUT2D eigenvalue weighted by molar-refractivity contribution is -0.126. The molecule has 1 saturated carbocycles. The van der Waals surface area contributed by atoms with Crippen LogP contribution in [0.2, 0.25) is 0 Å². The number of hydrogen-bond acceptors (Lipinski definition) is 3. The van der Waals surface area contributed by atoms with Gasteiger partial charge in [0.05, 0.1) is 5.25 Å². The van der Waals surface area contributed by atoms with Crippen LogP contribution in [0.4, 0.5) is 0 Å². The Bertz CT molecular complexity index is 404. The van der Waals surface area contributed by atoms with E-state index in [0.717, 1.165) is 45.1 Å². The Balaban J connectivity index is 2.05. The SMILES string of the molecule is CS(=O)(=O)C1CCCC(C2CCCCNC2=O)C1. The van der Waals surface area contributed by atoms with Crippen molar-refractivity contribution in [1.82, 2.24) is 5.32 Å². The summed E-state index contributed by atoms with van der Waals surface area (Å²) in [6, 6.07) is 0. The molecule has 104 valence electrons. The molecule has 2 aliphatic rings. The molecule has 5 heteroatoms. The average molecular weight is 273 g/mol. The molecule has 1 aliphatic carbocycles. The molecule has 1 N–H and O–H groups in total. The molecule has 2 fully saturated rings. The van der Waals surface area contributed by atoms with Crippen LogP contribution in [0.25, 0.3) is 0 Å². The highest BCUT2D eigenvalue weighted by Crippen LogP contribution is 2.36. The molecule has 0 aromatic heterocycles. The highest BCUT2D eigenvalue weighted by atomic mass is 32.2. The monoisotopic (exact) mass is 273 g/mol. The molecular formula is C13H23NO3S. The topological polar surface area (TPSA) is 63.2 Å². The van der Waals surface area contributed by atoms with E-state index in [1.165, 1.54) is 6.26 Å². The molecule has 1 saturated heterocycles. The zero-order valence-corrected chi connectivity index (χ0v) is 11.8. The third-order valence-electron chi connectivity index (χ3n) is 4.42. The van der Waals surface area contributed by atoms with Gasteiger partial charge in [0.2, 0.25) is 5.91 Å². The highest BCUT2D eigenvalue weighted by molar-refractivity contribution is 7.91. The van der Waals surface area contributed by atoms with Gasteiger partial charge in [-0.15, -0.1) is 0 Å². The van der Waals surface area contributed by atoms with E-state index in [-0.39, 0.29) is 23.0 Å². The fraction of sp³-hybridized carbons (Fsp3) is 0.923. The Labute approximate surface area is 109 Å². The Morgan fingerprint density at radius 2 is 1.89 bits per heavy atom. The van der Waals surface area contributed by atoms with Crippen LogP contribution in [0.5, 0.6) is 0 Å². The molecule has 18 heavy (non-hydrogen) atoms. The first kappa shape index (κ1) is 13.8. The maximum Gasteiger partial charge on any atom is 0.223 e. The van der Waals surface area contributed by atoms with Crippen molar-refractivity contribution in [2.45, 2.75) is 50.2 Å². The normalized spacial score (nSPS) is 34.7. The number of hydrogen-bond donors (Lipinski definition) is 1. The predicted molar refractivity (Wildman–Crippen MR) is 70.9 cm³/mol. The van der Waals surface area contributed by atoms with E-state index in [2.05, 4.69) is 5.32 Å². The summed E-state index contributed by atoms with van der Waals surface area (Å²) in [6.45, 7) is 0.775. The lowest BCUT2D eigenvalue weighted by atomic mass is 9.77. The van der Waals surface area contributed by atoms with Crippen molar-refractivity contribution in [3.63, 3.8) is 0 Å². The fourth-order valence-corrected chi connectivity index (χ4v) is 4.54. The van der Waals surface area contributed by atoms with Crippen LogP contribution in [0, 0.1) is 11.8 Å². The van der Waals surface area contributed by atoms with Crippen molar-refractivity contribution in [3.8, 4) is 0 Å². The van der Waals surface area contributed by atoms with Gasteiger partial charge >= 0.3 is 0 Å². The lowest BCUT2D eigenvalue weighted by Crippen LogP contribution is -2.37. The van der Waals surface area contributed by atoms with Crippen molar-refractivity contribution in [2.75, 3.05) is 12.8 Å². The summed E-state index contributed by atoms with van der Waals surface area (Å²) in [4.78, 5) is 12.0. The second kappa shape index (κ2) is 5.59. The number of rotatable bonds is 2. The summed E-state index contributed by atoms with van der Waals surface area (Å²) in [5, 5.41) is 2.73. The molecule has 1 aliphatic heterocycles. The van der Waals surface area contributed by atoms with Gasteiger partial charge in [-0.1, -0.05) is 12.8 Å². The van der Waals surface area contributed by atoms with Crippen LogP contribution in [0.15, 0.2) is 0 Å². The van der Waals surface area contributed by atoms with Gasteiger partial charge in [0, 0.05) is 18.7 Å². The van der Waals surface area contributed by atoms with Crippen molar-refractivity contribution in [2.24, 2.45) is 11.8 Å². The molecule has 3 unspecified atom stereocenters. The van der Waals surface area contributed by atoms with Crippen molar-refractivity contribution < 1.29 is 13.2 Å². The zero-order chi connectivity index (χ0) is 13.2. The van der Waals surface area contributed by atoms with E-state index in [4.69, 9.17) is 0 Å². The van der Waals surface area contributed by atoms with E-state index in [1.54, 1.807) is 0 Å². The van der Waals surface area contributed by atoms with Crippen molar-refractivity contribution in [3.05, 3.63) is 0 Å². The molecule has 2 rings (SSSR count). The van der Waals surface area contributed by atoms with E-state index < -0.39 is 9.84 Å². The van der Waals surface area contributed by atoms with Crippen LogP contribution in [-0.4, -0.2) is 32.4 Å². The summed E-state index contributed by atoms with van der Waals surface area (Å²) in [7, 11) is -2.96. The van der Waals surface area contributed by atoms with Gasteiger partial charge in [0.25, 0.3) is 0 Å². The second-order valence-corrected chi connectivity index (χ2v) is 8.10. The fourth-order valence-electron chi connectivity index (χ4n) is 3.35.